The molecule has 1 N–H and O–H groups in total. The molecule has 0 aromatic carbocycles. The molecule has 2 saturated carbocycles. The minimum absolute atomic E-state index is 0.0943. The zero-order chi connectivity index (χ0) is 13.4. The number of hydrogen-bond acceptors (Lipinski definition) is 3. The quantitative estimate of drug-likeness (QED) is 0.771. The number of rotatable bonds is 4. The summed E-state index contributed by atoms with van der Waals surface area (Å²) < 4.78 is 5.15. The van der Waals surface area contributed by atoms with Gasteiger partial charge in [0.05, 0.1) is 13.2 Å². The molecule has 0 radical (unpaired) electrons. The summed E-state index contributed by atoms with van der Waals surface area (Å²) in [4.78, 5) is 24.9. The van der Waals surface area contributed by atoms with Gasteiger partial charge in [-0.1, -0.05) is 5.57 Å². The van der Waals surface area contributed by atoms with Crippen LogP contribution in [-0.4, -0.2) is 47.7 Å². The molecule has 5 nitrogen and oxygen atoms in total. The molecule has 2 aliphatic carbocycles. The predicted octanol–water partition coefficient (Wildman–Crippen LogP) is 1.04. The monoisotopic (exact) mass is 265 g/mol. The SMILES string of the molecule is O=C(O)C1COCCN1C(=O)C=C(C1CC1)C1CC1. The molecular weight excluding hydrogens is 246 g/mol. The van der Waals surface area contributed by atoms with Crippen molar-refractivity contribution in [3.05, 3.63) is 11.6 Å². The maximum Gasteiger partial charge on any atom is 0.328 e. The number of hydrogen-bond donors (Lipinski definition) is 1. The molecule has 1 amide bonds. The van der Waals surface area contributed by atoms with E-state index in [0.717, 1.165) is 0 Å². The summed E-state index contributed by atoms with van der Waals surface area (Å²) >= 11 is 0. The Kier molecular flexibility index (Phi) is 3.31. The number of nitrogens with zero attached hydrogens (tertiary/aromatic N) is 1. The van der Waals surface area contributed by atoms with E-state index in [2.05, 4.69) is 0 Å². The number of aliphatic carboxylic acids is 1. The highest BCUT2D eigenvalue weighted by Crippen LogP contribution is 2.48. The van der Waals surface area contributed by atoms with Gasteiger partial charge in [0.1, 0.15) is 0 Å². The van der Waals surface area contributed by atoms with E-state index in [1.165, 1.54) is 36.2 Å². The molecule has 0 aromatic heterocycles. The van der Waals surface area contributed by atoms with Gasteiger partial charge in [0, 0.05) is 12.6 Å². The lowest BCUT2D eigenvalue weighted by molar-refractivity contribution is -0.156. The summed E-state index contributed by atoms with van der Waals surface area (Å²) in [5.41, 5.74) is 1.26. The average molecular weight is 265 g/mol. The van der Waals surface area contributed by atoms with Crippen LogP contribution >= 0.6 is 0 Å². The van der Waals surface area contributed by atoms with Gasteiger partial charge in [-0.05, 0) is 37.5 Å². The molecule has 1 saturated heterocycles. The Morgan fingerprint density at radius 2 is 1.79 bits per heavy atom. The normalized spacial score (nSPS) is 26.9. The number of carbonyl (C=O) groups is 2. The number of carbonyl (C=O) groups excluding carboxylic acids is 1. The van der Waals surface area contributed by atoms with Crippen LogP contribution in [0, 0.1) is 11.8 Å². The Labute approximate surface area is 112 Å². The second kappa shape index (κ2) is 4.96. The number of ether oxygens (including phenoxy) is 1. The summed E-state index contributed by atoms with van der Waals surface area (Å²) in [6.07, 6.45) is 6.45. The first-order valence-electron chi connectivity index (χ1n) is 6.99. The molecule has 5 heteroatoms. The Balaban J connectivity index is 1.73. The van der Waals surface area contributed by atoms with Crippen molar-refractivity contribution in [2.75, 3.05) is 19.8 Å². The number of carboxylic acids is 1. The van der Waals surface area contributed by atoms with Crippen molar-refractivity contribution in [1.82, 2.24) is 4.90 Å². The molecule has 0 aromatic rings. The van der Waals surface area contributed by atoms with Crippen LogP contribution in [0.4, 0.5) is 0 Å². The van der Waals surface area contributed by atoms with Gasteiger partial charge in [-0.3, -0.25) is 4.79 Å². The van der Waals surface area contributed by atoms with Gasteiger partial charge in [-0.25, -0.2) is 4.79 Å². The van der Waals surface area contributed by atoms with E-state index < -0.39 is 12.0 Å². The van der Waals surface area contributed by atoms with Crippen LogP contribution in [0.1, 0.15) is 25.7 Å². The van der Waals surface area contributed by atoms with Crippen LogP contribution in [0.25, 0.3) is 0 Å². The molecular formula is C14H19NO4. The summed E-state index contributed by atoms with van der Waals surface area (Å²) in [6, 6.07) is -0.836. The Bertz CT molecular complexity index is 409. The highest BCUT2D eigenvalue weighted by atomic mass is 16.5. The molecule has 1 atom stereocenters. The van der Waals surface area contributed by atoms with Crippen LogP contribution in [0.3, 0.4) is 0 Å². The van der Waals surface area contributed by atoms with Crippen molar-refractivity contribution in [2.45, 2.75) is 31.7 Å². The van der Waals surface area contributed by atoms with Gasteiger partial charge >= 0.3 is 5.97 Å². The summed E-state index contributed by atoms with van der Waals surface area (Å²) in [7, 11) is 0. The van der Waals surface area contributed by atoms with Crippen LogP contribution in [-0.2, 0) is 14.3 Å². The third-order valence-corrected chi connectivity index (χ3v) is 4.08. The summed E-state index contributed by atoms with van der Waals surface area (Å²) in [5, 5.41) is 9.14. The molecule has 1 aliphatic heterocycles. The first kappa shape index (κ1) is 12.7. The van der Waals surface area contributed by atoms with Gasteiger partial charge in [0.25, 0.3) is 0 Å². The van der Waals surface area contributed by atoms with Gasteiger partial charge in [0.2, 0.25) is 5.91 Å². The Hall–Kier alpha value is -1.36. The van der Waals surface area contributed by atoms with Crippen molar-refractivity contribution < 1.29 is 19.4 Å². The van der Waals surface area contributed by atoms with Gasteiger partial charge in [-0.2, -0.15) is 0 Å². The van der Waals surface area contributed by atoms with E-state index in [0.29, 0.717) is 25.0 Å². The number of allylic oxidation sites excluding steroid dienone is 1. The standard InChI is InChI=1S/C14H19NO4/c16-13(7-11(9-1-2-9)10-3-4-10)15-5-6-19-8-12(15)14(17)18/h7,9-10,12H,1-6,8H2,(H,17,18). The van der Waals surface area contributed by atoms with E-state index in [9.17, 15) is 9.59 Å². The summed E-state index contributed by atoms with van der Waals surface area (Å²) in [5.74, 6) is 0.0341. The lowest BCUT2D eigenvalue weighted by Crippen LogP contribution is -2.52. The zero-order valence-electron chi connectivity index (χ0n) is 10.9. The third-order valence-electron chi connectivity index (χ3n) is 4.08. The number of morpholine rings is 1. The first-order chi connectivity index (χ1) is 9.16. The first-order valence-corrected chi connectivity index (χ1v) is 6.99. The van der Waals surface area contributed by atoms with E-state index in [1.54, 1.807) is 6.08 Å². The molecule has 1 heterocycles. The van der Waals surface area contributed by atoms with Crippen LogP contribution in [0.5, 0.6) is 0 Å². The van der Waals surface area contributed by atoms with Gasteiger partial charge in [-0.15, -0.1) is 0 Å². The lowest BCUT2D eigenvalue weighted by atomic mass is 10.0. The summed E-state index contributed by atoms with van der Waals surface area (Å²) in [6.45, 7) is 0.886. The van der Waals surface area contributed by atoms with E-state index in [4.69, 9.17) is 9.84 Å². The average Bonchev–Trinajstić information content (AvgIpc) is 3.29. The fourth-order valence-electron chi connectivity index (χ4n) is 2.70. The topological polar surface area (TPSA) is 66.8 Å². The van der Waals surface area contributed by atoms with Crippen LogP contribution in [0.2, 0.25) is 0 Å². The van der Waals surface area contributed by atoms with E-state index in [1.807, 2.05) is 0 Å². The Morgan fingerprint density at radius 3 is 2.32 bits per heavy atom. The maximum atomic E-state index is 12.3. The molecule has 104 valence electrons. The van der Waals surface area contributed by atoms with E-state index >= 15 is 0 Å². The molecule has 0 spiro atoms. The molecule has 0 bridgehead atoms. The van der Waals surface area contributed by atoms with Crippen molar-refractivity contribution >= 4 is 11.9 Å². The highest BCUT2D eigenvalue weighted by Gasteiger charge is 2.38. The van der Waals surface area contributed by atoms with Crippen molar-refractivity contribution in [1.29, 1.82) is 0 Å². The smallest absolute Gasteiger partial charge is 0.328 e. The minimum Gasteiger partial charge on any atom is -0.480 e. The predicted molar refractivity (Wildman–Crippen MR) is 67.5 cm³/mol. The van der Waals surface area contributed by atoms with Gasteiger partial charge < -0.3 is 14.7 Å². The third kappa shape index (κ3) is 2.81. The maximum absolute atomic E-state index is 12.3. The molecule has 3 aliphatic rings. The molecule has 3 fully saturated rings. The minimum atomic E-state index is -0.985. The van der Waals surface area contributed by atoms with E-state index in [-0.39, 0.29) is 12.5 Å². The van der Waals surface area contributed by atoms with Crippen molar-refractivity contribution in [3.8, 4) is 0 Å². The Morgan fingerprint density at radius 1 is 1.16 bits per heavy atom. The molecule has 19 heavy (non-hydrogen) atoms. The lowest BCUT2D eigenvalue weighted by Gasteiger charge is -2.32. The van der Waals surface area contributed by atoms with Gasteiger partial charge in [0.15, 0.2) is 6.04 Å². The van der Waals surface area contributed by atoms with Crippen molar-refractivity contribution in [3.63, 3.8) is 0 Å². The number of carboxylic acid groups (broad SMARTS) is 1. The molecule has 1 unspecified atom stereocenters. The van der Waals surface area contributed by atoms with Crippen LogP contribution < -0.4 is 0 Å². The second-order valence-corrected chi connectivity index (χ2v) is 5.65. The van der Waals surface area contributed by atoms with Crippen LogP contribution in [0.15, 0.2) is 11.6 Å². The fraction of sp³-hybridized carbons (Fsp3) is 0.714. The largest absolute Gasteiger partial charge is 0.480 e. The fourth-order valence-corrected chi connectivity index (χ4v) is 2.70. The molecule has 3 rings (SSSR count). The number of amides is 1. The van der Waals surface area contributed by atoms with Crippen molar-refractivity contribution in [2.24, 2.45) is 11.8 Å². The zero-order valence-corrected chi connectivity index (χ0v) is 10.9. The second-order valence-electron chi connectivity index (χ2n) is 5.65. The highest BCUT2D eigenvalue weighted by molar-refractivity contribution is 5.92.